The molecule has 0 bridgehead atoms. The van der Waals surface area contributed by atoms with E-state index >= 15 is 0 Å². The highest BCUT2D eigenvalue weighted by molar-refractivity contribution is 5.92. The van der Waals surface area contributed by atoms with Gasteiger partial charge in [-0.25, -0.2) is 4.79 Å². The summed E-state index contributed by atoms with van der Waals surface area (Å²) >= 11 is 0. The molecule has 0 spiro atoms. The summed E-state index contributed by atoms with van der Waals surface area (Å²) < 4.78 is 1.90. The molecule has 0 saturated heterocycles. The lowest BCUT2D eigenvalue weighted by Gasteiger charge is -2.15. The Labute approximate surface area is 161 Å². The first-order valence-corrected chi connectivity index (χ1v) is 8.92. The Kier molecular flexibility index (Phi) is 4.24. The standard InChI is InChI=1S/C21H18N4O3/c22-12-17-11-15-3-1-2-4-18(15)25(17)16-7-5-14(6-8-16)13-23-19(26)21(9-10-21)24-20(27)28/h1-8,11,24H,9-10,13H2,(H,23,26)(H,27,28). The van der Waals surface area contributed by atoms with Gasteiger partial charge in [-0.15, -0.1) is 0 Å². The van der Waals surface area contributed by atoms with E-state index < -0.39 is 11.6 Å². The Morgan fingerprint density at radius 3 is 2.50 bits per heavy atom. The molecule has 1 fully saturated rings. The minimum atomic E-state index is -1.19. The van der Waals surface area contributed by atoms with Gasteiger partial charge in [0.05, 0.1) is 5.52 Å². The number of carbonyl (C=O) groups is 2. The SMILES string of the molecule is N#Cc1cc2ccccc2n1-c1ccc(CNC(=O)C2(NC(=O)O)CC2)cc1. The zero-order chi connectivity index (χ0) is 19.7. The number of rotatable bonds is 5. The fourth-order valence-electron chi connectivity index (χ4n) is 3.37. The monoisotopic (exact) mass is 374 g/mol. The number of nitrogens with zero attached hydrogens (tertiary/aromatic N) is 2. The van der Waals surface area contributed by atoms with Crippen LogP contribution in [0.25, 0.3) is 16.6 Å². The molecule has 2 amide bonds. The van der Waals surface area contributed by atoms with Crippen molar-refractivity contribution in [3.63, 3.8) is 0 Å². The molecule has 1 aliphatic rings. The molecule has 7 heteroatoms. The van der Waals surface area contributed by atoms with Crippen molar-refractivity contribution < 1.29 is 14.7 Å². The van der Waals surface area contributed by atoms with Crippen molar-refractivity contribution in [1.82, 2.24) is 15.2 Å². The van der Waals surface area contributed by atoms with Crippen molar-refractivity contribution in [2.45, 2.75) is 24.9 Å². The van der Waals surface area contributed by atoms with Gasteiger partial charge < -0.3 is 20.3 Å². The predicted octanol–water partition coefficient (Wildman–Crippen LogP) is 2.92. The van der Waals surface area contributed by atoms with Crippen LogP contribution >= 0.6 is 0 Å². The Hall–Kier alpha value is -3.79. The molecule has 1 heterocycles. The molecule has 1 aliphatic carbocycles. The molecule has 28 heavy (non-hydrogen) atoms. The van der Waals surface area contributed by atoms with Gasteiger partial charge in [0.15, 0.2) is 0 Å². The summed E-state index contributed by atoms with van der Waals surface area (Å²) in [6, 6.07) is 19.5. The molecule has 3 N–H and O–H groups in total. The molecule has 1 saturated carbocycles. The zero-order valence-corrected chi connectivity index (χ0v) is 15.0. The van der Waals surface area contributed by atoms with Crippen LogP contribution in [0.4, 0.5) is 4.79 Å². The van der Waals surface area contributed by atoms with Gasteiger partial charge in [-0.2, -0.15) is 5.26 Å². The van der Waals surface area contributed by atoms with Crippen LogP contribution in [0.15, 0.2) is 54.6 Å². The van der Waals surface area contributed by atoms with Crippen molar-refractivity contribution in [2.75, 3.05) is 0 Å². The smallest absolute Gasteiger partial charge is 0.405 e. The second-order valence-corrected chi connectivity index (χ2v) is 6.90. The van der Waals surface area contributed by atoms with Crippen LogP contribution in [0.3, 0.4) is 0 Å². The summed E-state index contributed by atoms with van der Waals surface area (Å²) in [6.45, 7) is 0.305. The van der Waals surface area contributed by atoms with Crippen LogP contribution in [-0.4, -0.2) is 27.2 Å². The maximum absolute atomic E-state index is 12.2. The molecule has 0 unspecified atom stereocenters. The lowest BCUT2D eigenvalue weighted by molar-refractivity contribution is -0.124. The first-order valence-electron chi connectivity index (χ1n) is 8.92. The summed E-state index contributed by atoms with van der Waals surface area (Å²) in [6.07, 6.45) is -0.159. The molecule has 140 valence electrons. The van der Waals surface area contributed by atoms with Crippen molar-refractivity contribution in [2.24, 2.45) is 0 Å². The molecule has 2 aromatic carbocycles. The number of nitrogens with one attached hydrogen (secondary N) is 2. The maximum Gasteiger partial charge on any atom is 0.405 e. The van der Waals surface area contributed by atoms with Gasteiger partial charge in [-0.05, 0) is 42.7 Å². The number of nitriles is 1. The normalized spacial score (nSPS) is 14.2. The second kappa shape index (κ2) is 6.74. The number of para-hydroxylation sites is 1. The Morgan fingerprint density at radius 2 is 1.86 bits per heavy atom. The highest BCUT2D eigenvalue weighted by atomic mass is 16.4. The highest BCUT2D eigenvalue weighted by Gasteiger charge is 2.51. The topological polar surface area (TPSA) is 107 Å². The number of benzene rings is 2. The maximum atomic E-state index is 12.2. The van der Waals surface area contributed by atoms with Crippen molar-refractivity contribution >= 4 is 22.9 Å². The van der Waals surface area contributed by atoms with E-state index in [9.17, 15) is 14.9 Å². The molecular formula is C21H18N4O3. The van der Waals surface area contributed by atoms with E-state index in [1.165, 1.54) is 0 Å². The lowest BCUT2D eigenvalue weighted by Crippen LogP contribution is -2.48. The van der Waals surface area contributed by atoms with E-state index in [1.807, 2.05) is 59.2 Å². The Morgan fingerprint density at radius 1 is 1.14 bits per heavy atom. The molecule has 0 radical (unpaired) electrons. The number of carboxylic acid groups (broad SMARTS) is 1. The van der Waals surface area contributed by atoms with Gasteiger partial charge in [0, 0.05) is 17.6 Å². The third kappa shape index (κ3) is 3.16. The number of aromatic nitrogens is 1. The molecule has 1 aromatic heterocycles. The highest BCUT2D eigenvalue weighted by Crippen LogP contribution is 2.35. The number of hydrogen-bond acceptors (Lipinski definition) is 3. The quantitative estimate of drug-likeness (QED) is 0.638. The molecule has 3 aromatic rings. The van der Waals surface area contributed by atoms with Gasteiger partial charge in [0.1, 0.15) is 17.3 Å². The van der Waals surface area contributed by atoms with E-state index in [2.05, 4.69) is 16.7 Å². The average Bonchev–Trinajstić information content (AvgIpc) is 3.37. The fraction of sp³-hybridized carbons (Fsp3) is 0.190. The largest absolute Gasteiger partial charge is 0.465 e. The van der Waals surface area contributed by atoms with Crippen molar-refractivity contribution in [3.8, 4) is 11.8 Å². The summed E-state index contributed by atoms with van der Waals surface area (Å²) in [5, 5.41) is 24.4. The van der Waals surface area contributed by atoms with E-state index in [0.717, 1.165) is 22.2 Å². The first kappa shape index (κ1) is 17.6. The van der Waals surface area contributed by atoms with E-state index in [0.29, 0.717) is 25.1 Å². The minimum absolute atomic E-state index is 0.304. The summed E-state index contributed by atoms with van der Waals surface area (Å²) in [5.41, 5.74) is 2.28. The molecule has 7 nitrogen and oxygen atoms in total. The van der Waals surface area contributed by atoms with Crippen LogP contribution in [0, 0.1) is 11.3 Å². The first-order chi connectivity index (χ1) is 13.5. The fourth-order valence-corrected chi connectivity index (χ4v) is 3.37. The average molecular weight is 374 g/mol. The summed E-state index contributed by atoms with van der Waals surface area (Å²) in [5.74, 6) is -0.304. The van der Waals surface area contributed by atoms with Crippen LogP contribution < -0.4 is 10.6 Å². The zero-order valence-electron chi connectivity index (χ0n) is 15.0. The van der Waals surface area contributed by atoms with Crippen molar-refractivity contribution in [1.29, 1.82) is 5.26 Å². The lowest BCUT2D eigenvalue weighted by atomic mass is 10.2. The molecule has 0 atom stereocenters. The van der Waals surface area contributed by atoms with E-state index in [-0.39, 0.29) is 5.91 Å². The Balaban J connectivity index is 1.50. The van der Waals surface area contributed by atoms with Gasteiger partial charge in [-0.3, -0.25) is 4.79 Å². The molecule has 4 rings (SSSR count). The number of fused-ring (bicyclic) bond motifs is 1. The van der Waals surface area contributed by atoms with Crippen LogP contribution in [0.1, 0.15) is 24.1 Å². The summed E-state index contributed by atoms with van der Waals surface area (Å²) in [7, 11) is 0. The Bertz CT molecular complexity index is 1100. The van der Waals surface area contributed by atoms with Crippen LogP contribution in [-0.2, 0) is 11.3 Å². The van der Waals surface area contributed by atoms with E-state index in [4.69, 9.17) is 5.11 Å². The molecule has 0 aliphatic heterocycles. The van der Waals surface area contributed by atoms with Gasteiger partial charge in [0.2, 0.25) is 5.91 Å². The molecular weight excluding hydrogens is 356 g/mol. The number of amides is 2. The van der Waals surface area contributed by atoms with Crippen molar-refractivity contribution in [3.05, 3.63) is 65.9 Å². The predicted molar refractivity (Wildman–Crippen MR) is 103 cm³/mol. The number of carbonyl (C=O) groups excluding carboxylic acids is 1. The van der Waals surface area contributed by atoms with Gasteiger partial charge in [-0.1, -0.05) is 30.3 Å². The van der Waals surface area contributed by atoms with Gasteiger partial charge in [0.25, 0.3) is 0 Å². The van der Waals surface area contributed by atoms with Crippen LogP contribution in [0.2, 0.25) is 0 Å². The number of hydrogen-bond donors (Lipinski definition) is 3. The van der Waals surface area contributed by atoms with Gasteiger partial charge >= 0.3 is 6.09 Å². The van der Waals surface area contributed by atoms with Crippen LogP contribution in [0.5, 0.6) is 0 Å². The van der Waals surface area contributed by atoms with E-state index in [1.54, 1.807) is 0 Å². The third-order valence-electron chi connectivity index (χ3n) is 5.00. The third-order valence-corrected chi connectivity index (χ3v) is 5.00. The summed E-state index contributed by atoms with van der Waals surface area (Å²) in [4.78, 5) is 23.1. The second-order valence-electron chi connectivity index (χ2n) is 6.90. The minimum Gasteiger partial charge on any atom is -0.465 e.